The van der Waals surface area contributed by atoms with Gasteiger partial charge >= 0.3 is 0 Å². The average molecular weight is 457 g/mol. The quantitative estimate of drug-likeness (QED) is 0.341. The van der Waals surface area contributed by atoms with E-state index in [1.165, 1.54) is 0 Å². The van der Waals surface area contributed by atoms with Crippen LogP contribution in [0.3, 0.4) is 0 Å². The number of amides is 1. The molecule has 1 aliphatic heterocycles. The minimum atomic E-state index is -0.686. The largest absolute Gasteiger partial charge is 0.507 e. The predicted molar refractivity (Wildman–Crippen MR) is 126 cm³/mol. The summed E-state index contributed by atoms with van der Waals surface area (Å²) in [6, 6.07) is 13.2. The summed E-state index contributed by atoms with van der Waals surface area (Å²) in [5.41, 5.74) is 1.26. The first-order chi connectivity index (χ1) is 15.4. The van der Waals surface area contributed by atoms with Crippen LogP contribution >= 0.6 is 11.6 Å². The summed E-state index contributed by atoms with van der Waals surface area (Å²) in [4.78, 5) is 29.8. The number of ether oxygens (including phenoxy) is 1. The van der Waals surface area contributed by atoms with Crippen molar-refractivity contribution in [3.8, 4) is 5.75 Å². The van der Waals surface area contributed by atoms with E-state index in [0.29, 0.717) is 36.0 Å². The number of hydrogen-bond acceptors (Lipinski definition) is 5. The molecule has 1 fully saturated rings. The van der Waals surface area contributed by atoms with Crippen LogP contribution in [-0.2, 0) is 9.59 Å². The van der Waals surface area contributed by atoms with Gasteiger partial charge in [0.15, 0.2) is 0 Å². The molecule has 7 heteroatoms. The molecule has 0 spiro atoms. The number of aliphatic hydroxyl groups is 1. The van der Waals surface area contributed by atoms with E-state index >= 15 is 0 Å². The summed E-state index contributed by atoms with van der Waals surface area (Å²) in [6.07, 6.45) is 0. The molecule has 0 radical (unpaired) electrons. The molecule has 1 saturated heterocycles. The molecule has 0 aliphatic carbocycles. The number of aliphatic hydroxyl groups excluding tert-OH is 1. The molecule has 170 valence electrons. The third kappa shape index (κ3) is 4.97. The lowest BCUT2D eigenvalue weighted by Crippen LogP contribution is -2.38. The summed E-state index contributed by atoms with van der Waals surface area (Å²) in [5, 5.41) is 11.7. The highest BCUT2D eigenvalue weighted by Crippen LogP contribution is 2.39. The Morgan fingerprint density at radius 2 is 1.66 bits per heavy atom. The number of carbonyl (C=O) groups excluding carboxylic acids is 2. The van der Waals surface area contributed by atoms with Gasteiger partial charge in [-0.05, 0) is 62.0 Å². The Morgan fingerprint density at radius 1 is 1.03 bits per heavy atom. The second kappa shape index (κ2) is 10.7. The van der Waals surface area contributed by atoms with Crippen LogP contribution in [0.15, 0.2) is 54.1 Å². The number of carbonyl (C=O) groups is 2. The van der Waals surface area contributed by atoms with Crippen LogP contribution in [0.25, 0.3) is 5.76 Å². The molecule has 1 atom stereocenters. The third-order valence-corrected chi connectivity index (χ3v) is 5.97. The van der Waals surface area contributed by atoms with Crippen molar-refractivity contribution in [1.82, 2.24) is 9.80 Å². The van der Waals surface area contributed by atoms with Gasteiger partial charge in [-0.25, -0.2) is 0 Å². The fraction of sp³-hybridized carbons (Fsp3) is 0.360. The molecule has 1 aliphatic rings. The standard InChI is InChI=1S/C25H29ClN2O4/c1-4-27(5-2)15-16-28-22(17-7-11-19(26)12-8-17)21(24(30)25(28)31)23(29)18-9-13-20(14-10-18)32-6-3/h7-14,22,29H,4-6,15-16H2,1-3H3/b23-21+/t22-/m0/s1. The zero-order valence-electron chi connectivity index (χ0n) is 18.7. The van der Waals surface area contributed by atoms with Gasteiger partial charge in [-0.2, -0.15) is 0 Å². The molecule has 0 unspecified atom stereocenters. The van der Waals surface area contributed by atoms with Crippen molar-refractivity contribution < 1.29 is 19.4 Å². The maximum Gasteiger partial charge on any atom is 0.295 e. The Labute approximate surface area is 194 Å². The molecule has 1 N–H and O–H groups in total. The maximum atomic E-state index is 13.1. The SMILES string of the molecule is CCOc1ccc(/C(O)=C2\C(=O)C(=O)N(CCN(CC)CC)[C@H]2c2ccc(Cl)cc2)cc1. The number of nitrogens with zero attached hydrogens (tertiary/aromatic N) is 2. The number of likely N-dealkylation sites (N-methyl/N-ethyl adjacent to an activating group) is 1. The van der Waals surface area contributed by atoms with E-state index in [1.807, 2.05) is 6.92 Å². The molecule has 1 amide bonds. The van der Waals surface area contributed by atoms with Crippen molar-refractivity contribution in [2.24, 2.45) is 0 Å². The lowest BCUT2D eigenvalue weighted by Gasteiger charge is -2.28. The number of halogens is 1. The lowest BCUT2D eigenvalue weighted by atomic mass is 9.95. The number of benzene rings is 2. The van der Waals surface area contributed by atoms with E-state index in [9.17, 15) is 14.7 Å². The zero-order chi connectivity index (χ0) is 23.3. The fourth-order valence-corrected chi connectivity index (χ4v) is 4.05. The van der Waals surface area contributed by atoms with E-state index in [4.69, 9.17) is 16.3 Å². The zero-order valence-corrected chi connectivity index (χ0v) is 19.4. The molecule has 3 rings (SSSR count). The van der Waals surface area contributed by atoms with E-state index < -0.39 is 17.7 Å². The molecule has 6 nitrogen and oxygen atoms in total. The molecule has 32 heavy (non-hydrogen) atoms. The van der Waals surface area contributed by atoms with Crippen LogP contribution < -0.4 is 4.74 Å². The molecule has 0 bridgehead atoms. The Hall–Kier alpha value is -2.83. The second-order valence-electron chi connectivity index (χ2n) is 7.53. The predicted octanol–water partition coefficient (Wildman–Crippen LogP) is 4.50. The first kappa shape index (κ1) is 23.8. The Balaban J connectivity index is 2.05. The number of hydrogen-bond donors (Lipinski definition) is 1. The minimum Gasteiger partial charge on any atom is -0.507 e. The van der Waals surface area contributed by atoms with Crippen LogP contribution in [0.4, 0.5) is 0 Å². The van der Waals surface area contributed by atoms with Gasteiger partial charge in [-0.1, -0.05) is 37.6 Å². The normalized spacial score (nSPS) is 17.9. The monoisotopic (exact) mass is 456 g/mol. The fourth-order valence-electron chi connectivity index (χ4n) is 3.92. The molecule has 0 aromatic heterocycles. The third-order valence-electron chi connectivity index (χ3n) is 5.72. The topological polar surface area (TPSA) is 70.1 Å². The molecule has 1 heterocycles. The van der Waals surface area contributed by atoms with Crippen molar-refractivity contribution in [3.05, 3.63) is 70.3 Å². The highest BCUT2D eigenvalue weighted by Gasteiger charge is 2.45. The van der Waals surface area contributed by atoms with Gasteiger partial charge in [0.25, 0.3) is 11.7 Å². The second-order valence-corrected chi connectivity index (χ2v) is 7.96. The molecule has 2 aromatic rings. The highest BCUT2D eigenvalue weighted by molar-refractivity contribution is 6.46. The average Bonchev–Trinajstić information content (AvgIpc) is 3.05. The van der Waals surface area contributed by atoms with E-state index in [2.05, 4.69) is 18.7 Å². The van der Waals surface area contributed by atoms with Crippen LogP contribution in [0.5, 0.6) is 5.75 Å². The van der Waals surface area contributed by atoms with Crippen molar-refractivity contribution >= 4 is 29.1 Å². The van der Waals surface area contributed by atoms with Gasteiger partial charge < -0.3 is 19.6 Å². The number of likely N-dealkylation sites (tertiary alicyclic amines) is 1. The summed E-state index contributed by atoms with van der Waals surface area (Å²) in [6.45, 7) is 9.23. The van der Waals surface area contributed by atoms with Gasteiger partial charge in [-0.15, -0.1) is 0 Å². The Morgan fingerprint density at radius 3 is 2.22 bits per heavy atom. The summed E-state index contributed by atoms with van der Waals surface area (Å²) < 4.78 is 5.45. The van der Waals surface area contributed by atoms with Crippen LogP contribution in [0.1, 0.15) is 37.9 Å². The summed E-state index contributed by atoms with van der Waals surface area (Å²) in [7, 11) is 0. The summed E-state index contributed by atoms with van der Waals surface area (Å²) in [5.74, 6) is -0.824. The van der Waals surface area contributed by atoms with Crippen LogP contribution in [-0.4, -0.2) is 59.4 Å². The number of ketones is 1. The summed E-state index contributed by atoms with van der Waals surface area (Å²) >= 11 is 6.06. The minimum absolute atomic E-state index is 0.0843. The van der Waals surface area contributed by atoms with Crippen molar-refractivity contribution in [2.45, 2.75) is 26.8 Å². The van der Waals surface area contributed by atoms with E-state index in [0.717, 1.165) is 18.7 Å². The Bertz CT molecular complexity index is 982. The van der Waals surface area contributed by atoms with E-state index in [1.54, 1.807) is 53.4 Å². The first-order valence-electron chi connectivity index (χ1n) is 10.9. The van der Waals surface area contributed by atoms with Crippen LogP contribution in [0, 0.1) is 0 Å². The van der Waals surface area contributed by atoms with Gasteiger partial charge in [-0.3, -0.25) is 9.59 Å². The first-order valence-corrected chi connectivity index (χ1v) is 11.3. The molecule has 2 aromatic carbocycles. The van der Waals surface area contributed by atoms with Gasteiger partial charge in [0, 0.05) is 23.7 Å². The van der Waals surface area contributed by atoms with Gasteiger partial charge in [0.2, 0.25) is 0 Å². The van der Waals surface area contributed by atoms with Crippen molar-refractivity contribution in [3.63, 3.8) is 0 Å². The van der Waals surface area contributed by atoms with Crippen LogP contribution in [0.2, 0.25) is 5.02 Å². The number of Topliss-reactive ketones (excluding diaryl/α,β-unsaturated/α-hetero) is 1. The highest BCUT2D eigenvalue weighted by atomic mass is 35.5. The Kier molecular flexibility index (Phi) is 7.94. The van der Waals surface area contributed by atoms with Gasteiger partial charge in [0.05, 0.1) is 18.2 Å². The smallest absolute Gasteiger partial charge is 0.295 e. The maximum absolute atomic E-state index is 13.1. The lowest BCUT2D eigenvalue weighted by molar-refractivity contribution is -0.140. The van der Waals surface area contributed by atoms with Crippen molar-refractivity contribution in [1.29, 1.82) is 0 Å². The molecular formula is C25H29ClN2O4. The van der Waals surface area contributed by atoms with E-state index in [-0.39, 0.29) is 11.3 Å². The van der Waals surface area contributed by atoms with Gasteiger partial charge in [0.1, 0.15) is 11.5 Å². The molecule has 0 saturated carbocycles. The number of rotatable bonds is 9. The van der Waals surface area contributed by atoms with Crippen molar-refractivity contribution in [2.75, 3.05) is 32.8 Å². The molecular weight excluding hydrogens is 428 g/mol.